The Labute approximate surface area is 172 Å². The second kappa shape index (κ2) is 11.0. The van der Waals surface area contributed by atoms with Gasteiger partial charge in [0.2, 0.25) is 11.8 Å². The SMILES string of the molecule is CC.CC(=O)N1c2ccc(-c3ccc(C(=O)O)cc3)cc2CC[C@@H]1C.CC(N)=O. The largest absolute Gasteiger partial charge is 0.478 e. The zero-order valence-corrected chi connectivity index (χ0v) is 17.7. The molecule has 2 aromatic carbocycles. The van der Waals surface area contributed by atoms with Gasteiger partial charge in [0.25, 0.3) is 0 Å². The van der Waals surface area contributed by atoms with Crippen molar-refractivity contribution in [2.45, 2.75) is 53.5 Å². The first kappa shape index (κ1) is 23.9. The quantitative estimate of drug-likeness (QED) is 0.789. The summed E-state index contributed by atoms with van der Waals surface area (Å²) in [7, 11) is 0. The van der Waals surface area contributed by atoms with Crippen LogP contribution in [0.3, 0.4) is 0 Å². The van der Waals surface area contributed by atoms with Crippen LogP contribution in [0.25, 0.3) is 11.1 Å². The average Bonchev–Trinajstić information content (AvgIpc) is 2.68. The van der Waals surface area contributed by atoms with Crippen molar-refractivity contribution in [1.82, 2.24) is 0 Å². The molecule has 156 valence electrons. The predicted octanol–water partition coefficient (Wildman–Crippen LogP) is 4.26. The van der Waals surface area contributed by atoms with E-state index in [1.807, 2.05) is 43.0 Å². The number of hydrogen-bond acceptors (Lipinski definition) is 3. The molecular formula is C23H30N2O4. The third-order valence-corrected chi connectivity index (χ3v) is 4.42. The number of nitrogens with zero attached hydrogens (tertiary/aromatic N) is 1. The Morgan fingerprint density at radius 3 is 2.00 bits per heavy atom. The van der Waals surface area contributed by atoms with Gasteiger partial charge in [-0.25, -0.2) is 4.79 Å². The molecule has 0 saturated heterocycles. The Morgan fingerprint density at radius 1 is 1.00 bits per heavy atom. The Hall–Kier alpha value is -3.15. The summed E-state index contributed by atoms with van der Waals surface area (Å²) in [6.45, 7) is 8.98. The molecule has 0 bridgehead atoms. The molecule has 3 N–H and O–H groups in total. The molecule has 2 amide bonds. The van der Waals surface area contributed by atoms with Gasteiger partial charge in [-0.05, 0) is 60.7 Å². The Balaban J connectivity index is 0.000000627. The van der Waals surface area contributed by atoms with Gasteiger partial charge in [-0.3, -0.25) is 9.59 Å². The molecule has 0 spiro atoms. The second-order valence-electron chi connectivity index (χ2n) is 6.61. The molecule has 6 nitrogen and oxygen atoms in total. The first-order chi connectivity index (χ1) is 13.7. The van der Waals surface area contributed by atoms with E-state index in [-0.39, 0.29) is 23.4 Å². The van der Waals surface area contributed by atoms with Gasteiger partial charge in [0.15, 0.2) is 0 Å². The number of carbonyl (C=O) groups is 3. The van der Waals surface area contributed by atoms with Crippen LogP contribution in [0.15, 0.2) is 42.5 Å². The Morgan fingerprint density at radius 2 is 1.52 bits per heavy atom. The van der Waals surface area contributed by atoms with E-state index in [0.29, 0.717) is 0 Å². The standard InChI is InChI=1S/C19H19NO3.C2H5NO.C2H6/c1-12-3-4-17-11-16(9-10-18(17)20(12)13(2)21)14-5-7-15(8-6-14)19(22)23;1-2(3)4;1-2/h5-12H,3-4H2,1-2H3,(H,22,23);1H3,(H2,3,4);1-2H3/t12-;;/m0../s1. The van der Waals surface area contributed by atoms with E-state index in [0.717, 1.165) is 35.2 Å². The van der Waals surface area contributed by atoms with E-state index < -0.39 is 5.97 Å². The van der Waals surface area contributed by atoms with Crippen LogP contribution in [-0.2, 0) is 16.0 Å². The highest BCUT2D eigenvalue weighted by atomic mass is 16.4. The number of nitrogens with two attached hydrogens (primary N) is 1. The molecule has 0 unspecified atom stereocenters. The van der Waals surface area contributed by atoms with Gasteiger partial charge in [-0.1, -0.05) is 32.0 Å². The second-order valence-corrected chi connectivity index (χ2v) is 6.61. The van der Waals surface area contributed by atoms with Crippen molar-refractivity contribution in [3.63, 3.8) is 0 Å². The topological polar surface area (TPSA) is 101 Å². The molecule has 0 aromatic heterocycles. The van der Waals surface area contributed by atoms with E-state index in [9.17, 15) is 14.4 Å². The van der Waals surface area contributed by atoms with Crippen LogP contribution >= 0.6 is 0 Å². The summed E-state index contributed by atoms with van der Waals surface area (Å²) >= 11 is 0. The number of carbonyl (C=O) groups excluding carboxylic acids is 2. The summed E-state index contributed by atoms with van der Waals surface area (Å²) in [6, 6.07) is 13.2. The van der Waals surface area contributed by atoms with Crippen LogP contribution in [-0.4, -0.2) is 28.9 Å². The van der Waals surface area contributed by atoms with E-state index in [1.54, 1.807) is 19.1 Å². The third-order valence-electron chi connectivity index (χ3n) is 4.42. The zero-order valence-electron chi connectivity index (χ0n) is 17.7. The van der Waals surface area contributed by atoms with Crippen molar-refractivity contribution in [1.29, 1.82) is 0 Å². The molecule has 0 fully saturated rings. The molecule has 0 radical (unpaired) electrons. The van der Waals surface area contributed by atoms with E-state index >= 15 is 0 Å². The number of primary amides is 1. The lowest BCUT2D eigenvalue weighted by atomic mass is 9.93. The Kier molecular flexibility index (Phi) is 9.06. The zero-order chi connectivity index (χ0) is 22.1. The van der Waals surface area contributed by atoms with Gasteiger partial charge < -0.3 is 15.7 Å². The van der Waals surface area contributed by atoms with Gasteiger partial charge in [-0.15, -0.1) is 0 Å². The molecule has 0 aliphatic carbocycles. The summed E-state index contributed by atoms with van der Waals surface area (Å²) in [6.07, 6.45) is 1.90. The number of amides is 2. The summed E-state index contributed by atoms with van der Waals surface area (Å²) in [4.78, 5) is 33.9. The third kappa shape index (κ3) is 6.45. The van der Waals surface area contributed by atoms with Crippen LogP contribution in [0, 0.1) is 0 Å². The van der Waals surface area contributed by atoms with Gasteiger partial charge >= 0.3 is 5.97 Å². The fourth-order valence-electron chi connectivity index (χ4n) is 3.22. The van der Waals surface area contributed by atoms with Crippen molar-refractivity contribution < 1.29 is 19.5 Å². The molecule has 2 aromatic rings. The highest BCUT2D eigenvalue weighted by Crippen LogP contribution is 2.34. The minimum Gasteiger partial charge on any atom is -0.478 e. The molecule has 6 heteroatoms. The lowest BCUT2D eigenvalue weighted by molar-refractivity contribution is -0.117. The van der Waals surface area contributed by atoms with Crippen molar-refractivity contribution in [2.24, 2.45) is 5.73 Å². The van der Waals surface area contributed by atoms with Crippen molar-refractivity contribution >= 4 is 23.5 Å². The maximum absolute atomic E-state index is 11.9. The van der Waals surface area contributed by atoms with E-state index in [1.165, 1.54) is 6.92 Å². The van der Waals surface area contributed by atoms with Crippen molar-refractivity contribution in [3.8, 4) is 11.1 Å². The predicted molar refractivity (Wildman–Crippen MR) is 116 cm³/mol. The van der Waals surface area contributed by atoms with Crippen molar-refractivity contribution in [2.75, 3.05) is 4.90 Å². The number of hydrogen-bond donors (Lipinski definition) is 2. The number of carboxylic acids is 1. The van der Waals surface area contributed by atoms with Crippen LogP contribution < -0.4 is 10.6 Å². The highest BCUT2D eigenvalue weighted by molar-refractivity contribution is 5.94. The Bertz CT molecular complexity index is 856. The summed E-state index contributed by atoms with van der Waals surface area (Å²) in [5.74, 6) is -1.19. The first-order valence-electron chi connectivity index (χ1n) is 9.73. The van der Waals surface area contributed by atoms with E-state index in [4.69, 9.17) is 5.11 Å². The molecular weight excluding hydrogens is 368 g/mol. The van der Waals surface area contributed by atoms with Crippen molar-refractivity contribution in [3.05, 3.63) is 53.6 Å². The molecule has 1 atom stereocenters. The minimum absolute atomic E-state index is 0.0667. The number of carboxylic acid groups (broad SMARTS) is 1. The fraction of sp³-hybridized carbons (Fsp3) is 0.348. The molecule has 0 saturated carbocycles. The minimum atomic E-state index is -0.923. The summed E-state index contributed by atoms with van der Waals surface area (Å²) < 4.78 is 0. The van der Waals surface area contributed by atoms with Gasteiger partial charge in [-0.2, -0.15) is 0 Å². The monoisotopic (exact) mass is 398 g/mol. The number of anilines is 1. The molecule has 3 rings (SSSR count). The smallest absolute Gasteiger partial charge is 0.335 e. The fourth-order valence-corrected chi connectivity index (χ4v) is 3.22. The maximum atomic E-state index is 11.9. The molecule has 29 heavy (non-hydrogen) atoms. The van der Waals surface area contributed by atoms with Crippen LogP contribution in [0.1, 0.15) is 57.0 Å². The van der Waals surface area contributed by atoms with Gasteiger partial charge in [0, 0.05) is 25.6 Å². The van der Waals surface area contributed by atoms with Crippen LogP contribution in [0.5, 0.6) is 0 Å². The van der Waals surface area contributed by atoms with Crippen LogP contribution in [0.2, 0.25) is 0 Å². The maximum Gasteiger partial charge on any atom is 0.335 e. The first-order valence-corrected chi connectivity index (χ1v) is 9.73. The summed E-state index contributed by atoms with van der Waals surface area (Å²) in [5.41, 5.74) is 8.92. The molecule has 1 heterocycles. The number of aryl methyl sites for hydroxylation is 1. The average molecular weight is 399 g/mol. The number of aromatic carboxylic acids is 1. The highest BCUT2D eigenvalue weighted by Gasteiger charge is 2.26. The normalized spacial score (nSPS) is 14.4. The molecule has 1 aliphatic rings. The summed E-state index contributed by atoms with van der Waals surface area (Å²) in [5, 5.41) is 8.97. The van der Waals surface area contributed by atoms with E-state index in [2.05, 4.69) is 18.7 Å². The lowest BCUT2D eigenvalue weighted by Crippen LogP contribution is -2.40. The number of fused-ring (bicyclic) bond motifs is 1. The van der Waals surface area contributed by atoms with Gasteiger partial charge in [0.1, 0.15) is 0 Å². The molecule has 1 aliphatic heterocycles. The van der Waals surface area contributed by atoms with Gasteiger partial charge in [0.05, 0.1) is 5.56 Å². The van der Waals surface area contributed by atoms with Crippen LogP contribution in [0.4, 0.5) is 5.69 Å². The lowest BCUT2D eigenvalue weighted by Gasteiger charge is -2.34. The number of rotatable bonds is 2. The number of benzene rings is 2.